The van der Waals surface area contributed by atoms with E-state index in [1.807, 2.05) is 13.8 Å². The Hall–Kier alpha value is -0.460. The second kappa shape index (κ2) is 7.52. The summed E-state index contributed by atoms with van der Waals surface area (Å²) in [6.45, 7) is 6.62. The van der Waals surface area contributed by atoms with Crippen LogP contribution in [0.25, 0.3) is 0 Å². The molecule has 114 valence electrons. The molecule has 3 nitrogen and oxygen atoms in total. The van der Waals surface area contributed by atoms with Crippen LogP contribution >= 0.6 is 15.9 Å². The van der Waals surface area contributed by atoms with Crippen LogP contribution in [0.5, 0.6) is 0 Å². The lowest BCUT2D eigenvalue weighted by Gasteiger charge is -2.25. The molecule has 0 bridgehead atoms. The Bertz CT molecular complexity index is 544. The summed E-state index contributed by atoms with van der Waals surface area (Å²) in [6, 6.07) is 4.03. The van der Waals surface area contributed by atoms with Gasteiger partial charge in [-0.3, -0.25) is 0 Å². The van der Waals surface area contributed by atoms with Gasteiger partial charge in [-0.2, -0.15) is 4.31 Å². The molecule has 0 heterocycles. The molecule has 0 N–H and O–H groups in total. The van der Waals surface area contributed by atoms with E-state index in [0.29, 0.717) is 23.5 Å². The van der Waals surface area contributed by atoms with Crippen LogP contribution in [0.3, 0.4) is 0 Å². The van der Waals surface area contributed by atoms with Crippen LogP contribution in [0.15, 0.2) is 27.6 Å². The molecule has 0 aliphatic heterocycles. The van der Waals surface area contributed by atoms with Crippen molar-refractivity contribution < 1.29 is 12.8 Å². The first-order valence-corrected chi connectivity index (χ1v) is 9.05. The van der Waals surface area contributed by atoms with Crippen LogP contribution in [0.1, 0.15) is 33.6 Å². The summed E-state index contributed by atoms with van der Waals surface area (Å²) in [4.78, 5) is -0.256. The molecule has 0 fully saturated rings. The molecule has 20 heavy (non-hydrogen) atoms. The molecule has 0 saturated carbocycles. The van der Waals surface area contributed by atoms with Gasteiger partial charge in [-0.05, 0) is 24.1 Å². The lowest BCUT2D eigenvalue weighted by molar-refractivity contribution is 0.338. The number of hydrogen-bond acceptors (Lipinski definition) is 2. The van der Waals surface area contributed by atoms with E-state index in [2.05, 4.69) is 15.9 Å². The van der Waals surface area contributed by atoms with Crippen molar-refractivity contribution in [1.29, 1.82) is 0 Å². The van der Waals surface area contributed by atoms with Crippen molar-refractivity contribution in [1.82, 2.24) is 4.31 Å². The molecule has 0 saturated heterocycles. The van der Waals surface area contributed by atoms with Crippen LogP contribution in [0.2, 0.25) is 0 Å². The first-order chi connectivity index (χ1) is 9.36. The number of rotatable bonds is 7. The van der Waals surface area contributed by atoms with Gasteiger partial charge in [0.25, 0.3) is 0 Å². The second-order valence-electron chi connectivity index (χ2n) is 4.71. The Morgan fingerprint density at radius 3 is 2.30 bits per heavy atom. The van der Waals surface area contributed by atoms with E-state index in [-0.39, 0.29) is 4.90 Å². The average Bonchev–Trinajstić information content (AvgIpc) is 2.39. The minimum Gasteiger partial charge on any atom is -0.207 e. The predicted octanol–water partition coefficient (Wildman–Crippen LogP) is 4.04. The summed E-state index contributed by atoms with van der Waals surface area (Å²) in [7, 11) is -3.78. The highest BCUT2D eigenvalue weighted by Crippen LogP contribution is 2.24. The second-order valence-corrected chi connectivity index (χ2v) is 7.53. The molecule has 0 aliphatic rings. The Morgan fingerprint density at radius 2 is 1.85 bits per heavy atom. The van der Waals surface area contributed by atoms with Gasteiger partial charge in [-0.25, -0.2) is 12.8 Å². The van der Waals surface area contributed by atoms with E-state index < -0.39 is 15.8 Å². The Balaban J connectivity index is 3.11. The normalized spacial score (nSPS) is 12.3. The summed E-state index contributed by atoms with van der Waals surface area (Å²) in [5, 5.41) is 0. The van der Waals surface area contributed by atoms with Crippen molar-refractivity contribution in [2.75, 3.05) is 13.1 Å². The van der Waals surface area contributed by atoms with E-state index in [1.165, 1.54) is 16.4 Å². The number of benzene rings is 1. The van der Waals surface area contributed by atoms with Crippen LogP contribution in [0, 0.1) is 11.7 Å². The van der Waals surface area contributed by atoms with Gasteiger partial charge < -0.3 is 0 Å². The molecule has 0 aliphatic carbocycles. The predicted molar refractivity (Wildman–Crippen MR) is 82.6 cm³/mol. The van der Waals surface area contributed by atoms with Crippen molar-refractivity contribution in [2.24, 2.45) is 5.92 Å². The van der Waals surface area contributed by atoms with E-state index in [9.17, 15) is 12.8 Å². The van der Waals surface area contributed by atoms with Gasteiger partial charge >= 0.3 is 0 Å². The smallest absolute Gasteiger partial charge is 0.207 e. The molecular weight excluding hydrogens is 345 g/mol. The minimum atomic E-state index is -3.78. The van der Waals surface area contributed by atoms with Crippen molar-refractivity contribution >= 4 is 26.0 Å². The highest BCUT2D eigenvalue weighted by atomic mass is 79.9. The maximum absolute atomic E-state index is 13.9. The zero-order chi connectivity index (χ0) is 15.3. The standard InChI is InChI=1S/C14H21BrFNO2S/c1-4-11(5-2)10-17(6-3)20(18,19)14-8-7-12(15)9-13(14)16/h7-9,11H,4-6,10H2,1-3H3. The first-order valence-electron chi connectivity index (χ1n) is 6.81. The lowest BCUT2D eigenvalue weighted by Crippen LogP contribution is -2.35. The van der Waals surface area contributed by atoms with E-state index in [0.717, 1.165) is 12.8 Å². The summed E-state index contributed by atoms with van der Waals surface area (Å²) < 4.78 is 40.9. The van der Waals surface area contributed by atoms with Gasteiger partial charge in [0, 0.05) is 17.6 Å². The Kier molecular flexibility index (Phi) is 6.61. The molecule has 1 aromatic rings. The number of hydrogen-bond donors (Lipinski definition) is 0. The molecule has 0 radical (unpaired) electrons. The summed E-state index contributed by atoms with van der Waals surface area (Å²) >= 11 is 3.13. The van der Waals surface area contributed by atoms with Gasteiger partial charge in [-0.15, -0.1) is 0 Å². The van der Waals surface area contributed by atoms with Crippen LogP contribution in [-0.4, -0.2) is 25.8 Å². The van der Waals surface area contributed by atoms with Gasteiger partial charge in [0.2, 0.25) is 10.0 Å². The number of sulfonamides is 1. The van der Waals surface area contributed by atoms with Gasteiger partial charge in [0.1, 0.15) is 10.7 Å². The molecule has 0 unspecified atom stereocenters. The third-order valence-electron chi connectivity index (χ3n) is 3.48. The Morgan fingerprint density at radius 1 is 1.25 bits per heavy atom. The molecule has 1 aromatic carbocycles. The van der Waals surface area contributed by atoms with E-state index >= 15 is 0 Å². The molecule has 6 heteroatoms. The minimum absolute atomic E-state index is 0.256. The fourth-order valence-corrected chi connectivity index (χ4v) is 3.96. The third kappa shape index (κ3) is 4.02. The molecular formula is C14H21BrFNO2S. The zero-order valence-electron chi connectivity index (χ0n) is 12.1. The van der Waals surface area contributed by atoms with Crippen LogP contribution in [-0.2, 0) is 10.0 Å². The van der Waals surface area contributed by atoms with Crippen molar-refractivity contribution in [3.05, 3.63) is 28.5 Å². The summed E-state index contributed by atoms with van der Waals surface area (Å²) in [5.41, 5.74) is 0. The summed E-state index contributed by atoms with van der Waals surface area (Å²) in [6.07, 6.45) is 1.82. The van der Waals surface area contributed by atoms with Crippen LogP contribution in [0.4, 0.5) is 4.39 Å². The maximum atomic E-state index is 13.9. The largest absolute Gasteiger partial charge is 0.245 e. The van der Waals surface area contributed by atoms with Crippen LogP contribution < -0.4 is 0 Å². The Labute approximate surface area is 129 Å². The van der Waals surface area contributed by atoms with Crippen molar-refractivity contribution in [3.8, 4) is 0 Å². The summed E-state index contributed by atoms with van der Waals surface area (Å²) in [5.74, 6) is -0.425. The SMILES string of the molecule is CCC(CC)CN(CC)S(=O)(=O)c1ccc(Br)cc1F. The highest BCUT2D eigenvalue weighted by Gasteiger charge is 2.27. The van der Waals surface area contributed by atoms with E-state index in [4.69, 9.17) is 0 Å². The fourth-order valence-electron chi connectivity index (χ4n) is 2.06. The molecule has 0 amide bonds. The lowest BCUT2D eigenvalue weighted by atomic mass is 10.0. The molecule has 0 atom stereocenters. The molecule has 0 aromatic heterocycles. The number of halogens is 2. The molecule has 1 rings (SSSR count). The van der Waals surface area contributed by atoms with Crippen molar-refractivity contribution in [3.63, 3.8) is 0 Å². The van der Waals surface area contributed by atoms with Crippen molar-refractivity contribution in [2.45, 2.75) is 38.5 Å². The zero-order valence-corrected chi connectivity index (χ0v) is 14.5. The maximum Gasteiger partial charge on any atom is 0.245 e. The van der Waals surface area contributed by atoms with Gasteiger partial charge in [0.05, 0.1) is 0 Å². The highest BCUT2D eigenvalue weighted by molar-refractivity contribution is 9.10. The fraction of sp³-hybridized carbons (Fsp3) is 0.571. The topological polar surface area (TPSA) is 37.4 Å². The van der Waals surface area contributed by atoms with Gasteiger partial charge in [0.15, 0.2) is 0 Å². The van der Waals surface area contributed by atoms with E-state index in [1.54, 1.807) is 13.0 Å². The molecule has 0 spiro atoms. The first kappa shape index (κ1) is 17.6. The van der Waals surface area contributed by atoms with Gasteiger partial charge in [-0.1, -0.05) is 49.5 Å². The average molecular weight is 366 g/mol. The quantitative estimate of drug-likeness (QED) is 0.731. The monoisotopic (exact) mass is 365 g/mol. The third-order valence-corrected chi connectivity index (χ3v) is 5.95. The number of nitrogens with zero attached hydrogens (tertiary/aromatic N) is 1.